The Hall–Kier alpha value is -0.850. The smallest absolute Gasteiger partial charge is 0.334 e. The van der Waals surface area contributed by atoms with E-state index in [0.717, 1.165) is 4.90 Å². The summed E-state index contributed by atoms with van der Waals surface area (Å²) in [6.07, 6.45) is -2.93. The van der Waals surface area contributed by atoms with Gasteiger partial charge in [0.25, 0.3) is 5.91 Å². The van der Waals surface area contributed by atoms with Gasteiger partial charge in [-0.15, -0.1) is 0 Å². The topological polar surface area (TPSA) is 32.3 Å². The summed E-state index contributed by atoms with van der Waals surface area (Å²) in [7, 11) is 0. The largest absolute Gasteiger partial charge is 0.383 e. The molecular weight excluding hydrogens is 240 g/mol. The fraction of sp³-hybridized carbons (Fsp3) is 0.900. The van der Waals surface area contributed by atoms with Crippen LogP contribution in [0.15, 0.2) is 0 Å². The van der Waals surface area contributed by atoms with Crippen molar-refractivity contribution < 1.29 is 22.4 Å². The first-order chi connectivity index (χ1) is 7.91. The summed E-state index contributed by atoms with van der Waals surface area (Å²) in [6.45, 7) is 2.75. The van der Waals surface area contributed by atoms with Gasteiger partial charge in [-0.2, -0.15) is 8.78 Å². The Morgan fingerprint density at radius 2 is 1.94 bits per heavy atom. The molecule has 3 nitrogen and oxygen atoms in total. The second-order valence-corrected chi connectivity index (χ2v) is 4.00. The number of halogens is 4. The number of nitrogens with one attached hydrogen (secondary N) is 1. The van der Waals surface area contributed by atoms with Crippen LogP contribution in [0.1, 0.15) is 19.8 Å². The number of amides is 1. The van der Waals surface area contributed by atoms with Gasteiger partial charge in [0, 0.05) is 12.6 Å². The van der Waals surface area contributed by atoms with Crippen LogP contribution < -0.4 is 5.32 Å². The van der Waals surface area contributed by atoms with E-state index < -0.39 is 18.3 Å². The molecule has 0 aromatic carbocycles. The normalized spacial score (nSPS) is 18.5. The number of carbonyl (C=O) groups is 1. The molecule has 0 radical (unpaired) electrons. The minimum atomic E-state index is -4.58. The highest BCUT2D eigenvalue weighted by Gasteiger charge is 2.51. The van der Waals surface area contributed by atoms with Crippen molar-refractivity contribution in [1.29, 1.82) is 0 Å². The number of alkyl halides is 4. The second kappa shape index (κ2) is 5.66. The highest BCUT2D eigenvalue weighted by molar-refractivity contribution is 5.84. The van der Waals surface area contributed by atoms with Crippen molar-refractivity contribution in [2.75, 3.05) is 19.6 Å². The highest BCUT2D eigenvalue weighted by Crippen LogP contribution is 2.27. The Bertz CT molecular complexity index is 267. The van der Waals surface area contributed by atoms with Crippen LogP contribution in [0.2, 0.25) is 0 Å². The maximum Gasteiger partial charge on any atom is 0.383 e. The zero-order valence-corrected chi connectivity index (χ0v) is 9.56. The predicted molar refractivity (Wildman–Crippen MR) is 54.2 cm³/mol. The van der Waals surface area contributed by atoms with Crippen LogP contribution in [-0.2, 0) is 4.79 Å². The number of hydrogen-bond acceptors (Lipinski definition) is 2. The van der Waals surface area contributed by atoms with E-state index in [9.17, 15) is 22.4 Å². The molecule has 17 heavy (non-hydrogen) atoms. The first-order valence-corrected chi connectivity index (χ1v) is 5.59. The van der Waals surface area contributed by atoms with Gasteiger partial charge in [-0.25, -0.2) is 8.78 Å². The molecule has 1 aliphatic rings. The van der Waals surface area contributed by atoms with Crippen molar-refractivity contribution in [3.05, 3.63) is 0 Å². The average Bonchev–Trinajstić information content (AvgIpc) is 2.31. The van der Waals surface area contributed by atoms with Gasteiger partial charge in [-0.05, 0) is 32.9 Å². The minimum absolute atomic E-state index is 0.0197. The Balaban J connectivity index is 2.75. The molecule has 0 saturated carbocycles. The van der Waals surface area contributed by atoms with Crippen molar-refractivity contribution in [3.63, 3.8) is 0 Å². The molecule has 0 bridgehead atoms. The predicted octanol–water partition coefficient (Wildman–Crippen LogP) is 1.49. The third-order valence-electron chi connectivity index (χ3n) is 2.91. The van der Waals surface area contributed by atoms with Crippen molar-refractivity contribution in [2.45, 2.75) is 38.2 Å². The summed E-state index contributed by atoms with van der Waals surface area (Å²) in [5, 5.41) is 3.02. The summed E-state index contributed by atoms with van der Waals surface area (Å²) < 4.78 is 50.2. The lowest BCUT2D eigenvalue weighted by Crippen LogP contribution is -2.53. The van der Waals surface area contributed by atoms with E-state index in [1.807, 2.05) is 0 Å². The van der Waals surface area contributed by atoms with Gasteiger partial charge in [0.1, 0.15) is 0 Å². The van der Waals surface area contributed by atoms with Gasteiger partial charge in [-0.1, -0.05) is 0 Å². The lowest BCUT2D eigenvalue weighted by Gasteiger charge is -2.35. The van der Waals surface area contributed by atoms with E-state index >= 15 is 0 Å². The molecule has 1 amide bonds. The van der Waals surface area contributed by atoms with Crippen LogP contribution in [0.5, 0.6) is 0 Å². The van der Waals surface area contributed by atoms with E-state index in [-0.39, 0.29) is 12.6 Å². The van der Waals surface area contributed by atoms with Crippen LogP contribution in [0.25, 0.3) is 0 Å². The van der Waals surface area contributed by atoms with Crippen LogP contribution in [-0.4, -0.2) is 48.8 Å². The standard InChI is InChI=1S/C10H16F4N2O/c1-2-16(7-3-5-15-6-4-7)9(17)10(13,14)8(11)12/h7-8,15H,2-6H2,1H3. The minimum Gasteiger partial charge on any atom is -0.334 e. The molecule has 0 atom stereocenters. The lowest BCUT2D eigenvalue weighted by molar-refractivity contribution is -0.183. The summed E-state index contributed by atoms with van der Waals surface area (Å²) >= 11 is 0. The van der Waals surface area contributed by atoms with E-state index in [0.29, 0.717) is 25.9 Å². The molecule has 1 aliphatic heterocycles. The zero-order valence-electron chi connectivity index (χ0n) is 9.56. The van der Waals surface area contributed by atoms with Crippen molar-refractivity contribution in [2.24, 2.45) is 0 Å². The molecule has 0 aromatic heterocycles. The van der Waals surface area contributed by atoms with Crippen LogP contribution in [0.3, 0.4) is 0 Å². The van der Waals surface area contributed by atoms with E-state index in [1.54, 1.807) is 0 Å². The summed E-state index contributed by atoms with van der Waals surface area (Å²) in [6, 6.07) is -0.377. The zero-order chi connectivity index (χ0) is 13.1. The molecule has 7 heteroatoms. The molecule has 0 aromatic rings. The molecule has 0 unspecified atom stereocenters. The Kier molecular flexibility index (Phi) is 4.73. The Morgan fingerprint density at radius 3 is 2.35 bits per heavy atom. The summed E-state index contributed by atoms with van der Waals surface area (Å²) in [5.41, 5.74) is 0. The first-order valence-electron chi connectivity index (χ1n) is 5.59. The van der Waals surface area contributed by atoms with Gasteiger partial charge in [0.15, 0.2) is 0 Å². The van der Waals surface area contributed by atoms with Gasteiger partial charge in [0.05, 0.1) is 0 Å². The molecule has 1 rings (SSSR count). The molecule has 1 fully saturated rings. The molecule has 0 aliphatic carbocycles. The SMILES string of the molecule is CCN(C(=O)C(F)(F)C(F)F)C1CCNCC1. The third kappa shape index (κ3) is 3.08. The second-order valence-electron chi connectivity index (χ2n) is 4.00. The highest BCUT2D eigenvalue weighted by atomic mass is 19.3. The lowest BCUT2D eigenvalue weighted by atomic mass is 10.0. The van der Waals surface area contributed by atoms with Gasteiger partial charge >= 0.3 is 12.3 Å². The molecule has 1 heterocycles. The number of piperidine rings is 1. The van der Waals surface area contributed by atoms with Crippen molar-refractivity contribution in [1.82, 2.24) is 10.2 Å². The first kappa shape index (κ1) is 14.2. The molecule has 0 spiro atoms. The van der Waals surface area contributed by atoms with Crippen molar-refractivity contribution >= 4 is 5.91 Å². The van der Waals surface area contributed by atoms with Gasteiger partial charge < -0.3 is 10.2 Å². The molecule has 1 saturated heterocycles. The maximum absolute atomic E-state index is 13.0. The van der Waals surface area contributed by atoms with Crippen LogP contribution in [0, 0.1) is 0 Å². The van der Waals surface area contributed by atoms with E-state index in [4.69, 9.17) is 0 Å². The average molecular weight is 256 g/mol. The third-order valence-corrected chi connectivity index (χ3v) is 2.91. The fourth-order valence-corrected chi connectivity index (χ4v) is 1.97. The number of nitrogens with zero attached hydrogens (tertiary/aromatic N) is 1. The molecule has 1 N–H and O–H groups in total. The fourth-order valence-electron chi connectivity index (χ4n) is 1.97. The van der Waals surface area contributed by atoms with E-state index in [1.165, 1.54) is 6.92 Å². The van der Waals surface area contributed by atoms with Crippen LogP contribution in [0.4, 0.5) is 17.6 Å². The Morgan fingerprint density at radius 1 is 1.41 bits per heavy atom. The number of rotatable bonds is 4. The summed E-state index contributed by atoms with van der Waals surface area (Å²) in [4.78, 5) is 12.3. The molecule has 100 valence electrons. The number of hydrogen-bond donors (Lipinski definition) is 1. The quantitative estimate of drug-likeness (QED) is 0.773. The monoisotopic (exact) mass is 256 g/mol. The van der Waals surface area contributed by atoms with Gasteiger partial charge in [-0.3, -0.25) is 4.79 Å². The van der Waals surface area contributed by atoms with Gasteiger partial charge in [0.2, 0.25) is 0 Å². The van der Waals surface area contributed by atoms with Crippen LogP contribution >= 0.6 is 0 Å². The Labute approximate surface area is 97.2 Å². The maximum atomic E-state index is 13.0. The van der Waals surface area contributed by atoms with E-state index in [2.05, 4.69) is 5.32 Å². The summed E-state index contributed by atoms with van der Waals surface area (Å²) in [5.74, 6) is -6.34. The molecular formula is C10H16F4N2O. The number of carbonyl (C=O) groups excluding carboxylic acids is 1. The van der Waals surface area contributed by atoms with Crippen molar-refractivity contribution in [3.8, 4) is 0 Å².